The Morgan fingerprint density at radius 2 is 2.00 bits per heavy atom. The second-order valence-corrected chi connectivity index (χ2v) is 7.93. The van der Waals surface area contributed by atoms with E-state index in [-0.39, 0.29) is 10.9 Å². The largest absolute Gasteiger partial charge is 0.398 e. The SMILES string of the molecule is CCC1CCCC(NS(=O)(=O)c2cc(C)c(C)c(N)c2)C1. The lowest BCUT2D eigenvalue weighted by atomic mass is 9.85. The van der Waals surface area contributed by atoms with Crippen LogP contribution < -0.4 is 10.5 Å². The van der Waals surface area contributed by atoms with Crippen LogP contribution >= 0.6 is 0 Å². The van der Waals surface area contributed by atoms with Gasteiger partial charge in [-0.25, -0.2) is 13.1 Å². The fraction of sp³-hybridized carbons (Fsp3) is 0.625. The number of rotatable bonds is 4. The van der Waals surface area contributed by atoms with Gasteiger partial charge < -0.3 is 5.73 Å². The van der Waals surface area contributed by atoms with Crippen molar-refractivity contribution in [2.24, 2.45) is 5.92 Å². The first-order chi connectivity index (χ1) is 9.83. The smallest absolute Gasteiger partial charge is 0.240 e. The molecule has 2 atom stereocenters. The molecule has 0 amide bonds. The van der Waals surface area contributed by atoms with Gasteiger partial charge in [-0.05, 0) is 55.9 Å². The Labute approximate surface area is 128 Å². The molecule has 0 aliphatic heterocycles. The highest BCUT2D eigenvalue weighted by atomic mass is 32.2. The summed E-state index contributed by atoms with van der Waals surface area (Å²) in [5.41, 5.74) is 8.29. The molecule has 118 valence electrons. The van der Waals surface area contributed by atoms with Gasteiger partial charge in [0.2, 0.25) is 10.0 Å². The van der Waals surface area contributed by atoms with E-state index >= 15 is 0 Å². The maximum atomic E-state index is 12.5. The van der Waals surface area contributed by atoms with Gasteiger partial charge in [-0.1, -0.05) is 26.2 Å². The normalized spacial score (nSPS) is 23.2. The van der Waals surface area contributed by atoms with E-state index in [2.05, 4.69) is 11.6 Å². The monoisotopic (exact) mass is 310 g/mol. The summed E-state index contributed by atoms with van der Waals surface area (Å²) >= 11 is 0. The van der Waals surface area contributed by atoms with Gasteiger partial charge in [0.15, 0.2) is 0 Å². The predicted octanol–water partition coefficient (Wildman–Crippen LogP) is 3.13. The van der Waals surface area contributed by atoms with E-state index in [1.165, 1.54) is 6.42 Å². The van der Waals surface area contributed by atoms with Gasteiger partial charge >= 0.3 is 0 Å². The van der Waals surface area contributed by atoms with Crippen molar-refractivity contribution < 1.29 is 8.42 Å². The average molecular weight is 310 g/mol. The molecule has 5 heteroatoms. The molecule has 2 rings (SSSR count). The van der Waals surface area contributed by atoms with Crippen LogP contribution in [0.2, 0.25) is 0 Å². The molecule has 2 unspecified atom stereocenters. The molecule has 0 radical (unpaired) electrons. The summed E-state index contributed by atoms with van der Waals surface area (Å²) in [6.07, 6.45) is 5.30. The van der Waals surface area contributed by atoms with Crippen LogP contribution in [0.1, 0.15) is 50.2 Å². The third-order valence-electron chi connectivity index (χ3n) is 4.67. The summed E-state index contributed by atoms with van der Waals surface area (Å²) in [6.45, 7) is 5.96. The van der Waals surface area contributed by atoms with Crippen LogP contribution in [0, 0.1) is 19.8 Å². The molecule has 3 N–H and O–H groups in total. The van der Waals surface area contributed by atoms with Crippen molar-refractivity contribution >= 4 is 15.7 Å². The Bertz CT molecular complexity index is 588. The molecule has 0 heterocycles. The average Bonchev–Trinajstić information content (AvgIpc) is 2.44. The lowest BCUT2D eigenvalue weighted by Crippen LogP contribution is -2.38. The van der Waals surface area contributed by atoms with Crippen LogP contribution in [0.3, 0.4) is 0 Å². The van der Waals surface area contributed by atoms with E-state index in [0.717, 1.165) is 36.8 Å². The molecule has 1 aliphatic rings. The Morgan fingerprint density at radius 1 is 1.29 bits per heavy atom. The van der Waals surface area contributed by atoms with Crippen LogP contribution in [0.5, 0.6) is 0 Å². The Morgan fingerprint density at radius 3 is 2.62 bits per heavy atom. The standard InChI is InChI=1S/C16H26N2O2S/c1-4-13-6-5-7-14(9-13)18-21(19,20)15-8-11(2)12(3)16(17)10-15/h8,10,13-14,18H,4-7,9,17H2,1-3H3. The third kappa shape index (κ3) is 3.77. The van der Waals surface area contributed by atoms with Gasteiger partial charge in [-0.15, -0.1) is 0 Å². The Balaban J connectivity index is 2.18. The van der Waals surface area contributed by atoms with Crippen LogP contribution in [-0.2, 0) is 10.0 Å². The van der Waals surface area contributed by atoms with E-state index in [9.17, 15) is 8.42 Å². The van der Waals surface area contributed by atoms with Crippen molar-refractivity contribution in [3.63, 3.8) is 0 Å². The van der Waals surface area contributed by atoms with Crippen LogP contribution in [0.4, 0.5) is 5.69 Å². The minimum absolute atomic E-state index is 0.0523. The van der Waals surface area contributed by atoms with Crippen molar-refractivity contribution in [3.8, 4) is 0 Å². The van der Waals surface area contributed by atoms with Crippen molar-refractivity contribution in [1.82, 2.24) is 4.72 Å². The minimum atomic E-state index is -3.48. The molecule has 0 saturated heterocycles. The fourth-order valence-electron chi connectivity index (χ4n) is 3.06. The summed E-state index contributed by atoms with van der Waals surface area (Å²) in [6, 6.07) is 3.32. The summed E-state index contributed by atoms with van der Waals surface area (Å²) in [7, 11) is -3.48. The Kier molecular flexibility index (Phi) is 4.94. The first-order valence-electron chi connectivity index (χ1n) is 7.72. The molecule has 0 spiro atoms. The lowest BCUT2D eigenvalue weighted by molar-refractivity contribution is 0.301. The molecule has 1 aromatic rings. The van der Waals surface area contributed by atoms with Gasteiger partial charge in [0, 0.05) is 11.7 Å². The highest BCUT2D eigenvalue weighted by molar-refractivity contribution is 7.89. The molecule has 0 aromatic heterocycles. The number of benzene rings is 1. The number of nitrogens with one attached hydrogen (secondary N) is 1. The van der Waals surface area contributed by atoms with E-state index in [4.69, 9.17) is 5.73 Å². The number of aryl methyl sites for hydroxylation is 1. The first-order valence-corrected chi connectivity index (χ1v) is 9.21. The second-order valence-electron chi connectivity index (χ2n) is 6.21. The molecule has 1 fully saturated rings. The van der Waals surface area contributed by atoms with Crippen LogP contribution in [0.25, 0.3) is 0 Å². The van der Waals surface area contributed by atoms with Crippen molar-refractivity contribution in [1.29, 1.82) is 0 Å². The number of hydrogen-bond acceptors (Lipinski definition) is 3. The third-order valence-corrected chi connectivity index (χ3v) is 6.17. The highest BCUT2D eigenvalue weighted by Crippen LogP contribution is 2.28. The zero-order chi connectivity index (χ0) is 15.6. The zero-order valence-corrected chi connectivity index (χ0v) is 14.0. The molecular formula is C16H26N2O2S. The van der Waals surface area contributed by atoms with Crippen molar-refractivity contribution in [2.45, 2.75) is 63.8 Å². The quantitative estimate of drug-likeness (QED) is 0.839. The van der Waals surface area contributed by atoms with E-state index in [1.807, 2.05) is 13.8 Å². The predicted molar refractivity (Wildman–Crippen MR) is 86.7 cm³/mol. The van der Waals surface area contributed by atoms with E-state index in [0.29, 0.717) is 11.6 Å². The number of anilines is 1. The summed E-state index contributed by atoms with van der Waals surface area (Å²) < 4.78 is 28.0. The topological polar surface area (TPSA) is 72.2 Å². The maximum Gasteiger partial charge on any atom is 0.240 e. The summed E-state index contributed by atoms with van der Waals surface area (Å²) in [5.74, 6) is 0.635. The minimum Gasteiger partial charge on any atom is -0.398 e. The van der Waals surface area contributed by atoms with Gasteiger partial charge in [-0.2, -0.15) is 0 Å². The Hall–Kier alpha value is -1.07. The van der Waals surface area contributed by atoms with Gasteiger partial charge in [-0.3, -0.25) is 0 Å². The molecule has 1 aliphatic carbocycles. The molecule has 1 saturated carbocycles. The number of nitrogens with two attached hydrogens (primary N) is 1. The van der Waals surface area contributed by atoms with Gasteiger partial charge in [0.05, 0.1) is 4.90 Å². The molecule has 1 aromatic carbocycles. The maximum absolute atomic E-state index is 12.5. The molecule has 21 heavy (non-hydrogen) atoms. The zero-order valence-electron chi connectivity index (χ0n) is 13.1. The molecular weight excluding hydrogens is 284 g/mol. The number of sulfonamides is 1. The van der Waals surface area contributed by atoms with Crippen molar-refractivity contribution in [2.75, 3.05) is 5.73 Å². The molecule has 0 bridgehead atoms. The van der Waals surface area contributed by atoms with Crippen LogP contribution in [0.15, 0.2) is 17.0 Å². The van der Waals surface area contributed by atoms with Crippen LogP contribution in [-0.4, -0.2) is 14.5 Å². The summed E-state index contributed by atoms with van der Waals surface area (Å²) in [5, 5.41) is 0. The van der Waals surface area contributed by atoms with E-state index < -0.39 is 10.0 Å². The fourth-order valence-corrected chi connectivity index (χ4v) is 4.47. The van der Waals surface area contributed by atoms with Gasteiger partial charge in [0.1, 0.15) is 0 Å². The van der Waals surface area contributed by atoms with E-state index in [1.54, 1.807) is 12.1 Å². The molecule has 4 nitrogen and oxygen atoms in total. The van der Waals surface area contributed by atoms with Gasteiger partial charge in [0.25, 0.3) is 0 Å². The summed E-state index contributed by atoms with van der Waals surface area (Å²) in [4.78, 5) is 0.279. The highest BCUT2D eigenvalue weighted by Gasteiger charge is 2.26. The second kappa shape index (κ2) is 6.36. The first kappa shape index (κ1) is 16.3. The number of nitrogen functional groups attached to an aromatic ring is 1. The lowest BCUT2D eigenvalue weighted by Gasteiger charge is -2.29. The van der Waals surface area contributed by atoms with Crippen molar-refractivity contribution in [3.05, 3.63) is 23.3 Å². The number of hydrogen-bond donors (Lipinski definition) is 2.